The van der Waals surface area contributed by atoms with Crippen LogP contribution in [0.3, 0.4) is 0 Å². The van der Waals surface area contributed by atoms with Gasteiger partial charge in [-0.2, -0.15) is 5.26 Å². The number of nitrogens with zero attached hydrogens (tertiary/aromatic N) is 2. The first-order valence-corrected chi connectivity index (χ1v) is 7.46. The first-order chi connectivity index (χ1) is 7.81. The molecular formula is C8H4BrClN2O4S. The van der Waals surface area contributed by atoms with Crippen molar-refractivity contribution in [3.05, 3.63) is 33.4 Å². The zero-order valence-electron chi connectivity index (χ0n) is 8.05. The lowest BCUT2D eigenvalue weighted by atomic mass is 10.1. The van der Waals surface area contributed by atoms with Crippen LogP contribution in [0.4, 0.5) is 5.69 Å². The van der Waals surface area contributed by atoms with Gasteiger partial charge in [0, 0.05) is 22.1 Å². The van der Waals surface area contributed by atoms with Gasteiger partial charge in [-0.1, -0.05) is 15.9 Å². The lowest BCUT2D eigenvalue weighted by Gasteiger charge is -2.04. The Morgan fingerprint density at radius 2 is 2.12 bits per heavy atom. The predicted octanol–water partition coefficient (Wildman–Crippen LogP) is 2.29. The number of hydrogen-bond donors (Lipinski definition) is 0. The van der Waals surface area contributed by atoms with E-state index in [1.807, 2.05) is 0 Å². The van der Waals surface area contributed by atoms with E-state index in [0.29, 0.717) is 0 Å². The predicted molar refractivity (Wildman–Crippen MR) is 63.5 cm³/mol. The molecule has 0 aliphatic carbocycles. The zero-order chi connectivity index (χ0) is 13.2. The maximum Gasteiger partial charge on any atom is 0.288 e. The van der Waals surface area contributed by atoms with Crippen LogP contribution in [0.5, 0.6) is 0 Å². The summed E-state index contributed by atoms with van der Waals surface area (Å²) in [6, 6.07) is 3.55. The van der Waals surface area contributed by atoms with Crippen LogP contribution in [0, 0.1) is 21.4 Å². The van der Waals surface area contributed by atoms with E-state index in [1.165, 1.54) is 0 Å². The van der Waals surface area contributed by atoms with E-state index in [1.54, 1.807) is 6.07 Å². The Balaban J connectivity index is 3.70. The van der Waals surface area contributed by atoms with Crippen molar-refractivity contribution in [2.75, 3.05) is 0 Å². The molecule has 17 heavy (non-hydrogen) atoms. The Kier molecular flexibility index (Phi) is 4.08. The Morgan fingerprint density at radius 3 is 2.47 bits per heavy atom. The standard InChI is InChI=1S/C8H4BrClN2O4S/c9-3-5-1-6(4-11)7(12(13)14)2-8(5)17(10,15)16/h1-2H,3H2. The third-order valence-corrected chi connectivity index (χ3v) is 3.91. The van der Waals surface area contributed by atoms with Crippen LogP contribution in [-0.2, 0) is 14.4 Å². The first kappa shape index (κ1) is 13.9. The molecule has 0 bridgehead atoms. The van der Waals surface area contributed by atoms with Crippen molar-refractivity contribution >= 4 is 41.4 Å². The van der Waals surface area contributed by atoms with E-state index >= 15 is 0 Å². The smallest absolute Gasteiger partial charge is 0.258 e. The lowest BCUT2D eigenvalue weighted by Crippen LogP contribution is -2.01. The Labute approximate surface area is 110 Å². The van der Waals surface area contributed by atoms with Crippen LogP contribution in [0.2, 0.25) is 0 Å². The van der Waals surface area contributed by atoms with E-state index < -0.39 is 19.7 Å². The molecule has 0 unspecified atom stereocenters. The van der Waals surface area contributed by atoms with Gasteiger partial charge >= 0.3 is 0 Å². The van der Waals surface area contributed by atoms with Crippen molar-refractivity contribution in [3.63, 3.8) is 0 Å². The van der Waals surface area contributed by atoms with Gasteiger partial charge in [0.25, 0.3) is 14.7 Å². The van der Waals surface area contributed by atoms with Crippen molar-refractivity contribution in [2.45, 2.75) is 10.2 Å². The molecule has 0 atom stereocenters. The number of nitriles is 1. The van der Waals surface area contributed by atoms with Gasteiger partial charge in [-0.25, -0.2) is 8.42 Å². The third-order valence-electron chi connectivity index (χ3n) is 1.90. The molecule has 0 aliphatic rings. The Hall–Kier alpha value is -1.17. The molecule has 6 nitrogen and oxygen atoms in total. The summed E-state index contributed by atoms with van der Waals surface area (Å²) in [4.78, 5) is 9.46. The van der Waals surface area contributed by atoms with Crippen LogP contribution >= 0.6 is 26.6 Å². The van der Waals surface area contributed by atoms with E-state index in [2.05, 4.69) is 15.9 Å². The highest BCUT2D eigenvalue weighted by molar-refractivity contribution is 9.08. The van der Waals surface area contributed by atoms with Crippen molar-refractivity contribution < 1.29 is 13.3 Å². The van der Waals surface area contributed by atoms with Gasteiger partial charge < -0.3 is 0 Å². The summed E-state index contributed by atoms with van der Waals surface area (Å²) in [5.41, 5.74) is -0.605. The quantitative estimate of drug-likeness (QED) is 0.364. The second-order valence-corrected chi connectivity index (χ2v) is 6.01. The van der Waals surface area contributed by atoms with Crippen molar-refractivity contribution in [3.8, 4) is 6.07 Å². The van der Waals surface area contributed by atoms with Crippen LogP contribution in [0.1, 0.15) is 11.1 Å². The molecule has 0 aliphatic heterocycles. The van der Waals surface area contributed by atoms with Crippen molar-refractivity contribution in [1.29, 1.82) is 5.26 Å². The highest BCUT2D eigenvalue weighted by Gasteiger charge is 2.23. The summed E-state index contributed by atoms with van der Waals surface area (Å²) >= 11 is 3.02. The molecule has 1 aromatic carbocycles. The third kappa shape index (κ3) is 2.94. The Morgan fingerprint density at radius 1 is 1.53 bits per heavy atom. The van der Waals surface area contributed by atoms with Gasteiger partial charge in [0.1, 0.15) is 11.6 Å². The number of rotatable bonds is 3. The summed E-state index contributed by atoms with van der Waals surface area (Å²) < 4.78 is 22.5. The van der Waals surface area contributed by atoms with Gasteiger partial charge in [-0.15, -0.1) is 0 Å². The average Bonchev–Trinajstić information content (AvgIpc) is 2.25. The maximum atomic E-state index is 11.2. The minimum Gasteiger partial charge on any atom is -0.258 e. The second kappa shape index (κ2) is 5.00. The molecule has 0 saturated carbocycles. The van der Waals surface area contributed by atoms with Gasteiger partial charge in [0.2, 0.25) is 0 Å². The summed E-state index contributed by atoms with van der Waals surface area (Å²) in [6.45, 7) is 0. The second-order valence-electron chi connectivity index (χ2n) is 2.92. The largest absolute Gasteiger partial charge is 0.288 e. The SMILES string of the molecule is N#Cc1cc(CBr)c(S(=O)(=O)Cl)cc1[N+](=O)[O-]. The van der Waals surface area contributed by atoms with Crippen LogP contribution < -0.4 is 0 Å². The molecule has 1 aromatic rings. The minimum atomic E-state index is -4.10. The minimum absolute atomic E-state index is 0.112. The van der Waals surface area contributed by atoms with Crippen molar-refractivity contribution in [1.82, 2.24) is 0 Å². The van der Waals surface area contributed by atoms with Gasteiger partial charge in [-0.05, 0) is 11.6 Å². The molecule has 0 fully saturated rings. The summed E-state index contributed by atoms with van der Waals surface area (Å²) in [5, 5.41) is 19.5. The summed E-state index contributed by atoms with van der Waals surface area (Å²) in [7, 11) is 1.06. The van der Waals surface area contributed by atoms with E-state index in [-0.39, 0.29) is 21.4 Å². The van der Waals surface area contributed by atoms with E-state index in [9.17, 15) is 18.5 Å². The molecule has 0 amide bonds. The number of alkyl halides is 1. The maximum absolute atomic E-state index is 11.2. The van der Waals surface area contributed by atoms with Crippen LogP contribution in [-0.4, -0.2) is 13.3 Å². The average molecular weight is 340 g/mol. The number of halogens is 2. The fourth-order valence-electron chi connectivity index (χ4n) is 1.19. The normalized spacial score (nSPS) is 10.9. The number of benzene rings is 1. The lowest BCUT2D eigenvalue weighted by molar-refractivity contribution is -0.385. The van der Waals surface area contributed by atoms with Gasteiger partial charge in [0.05, 0.1) is 9.82 Å². The van der Waals surface area contributed by atoms with Gasteiger partial charge in [0.15, 0.2) is 0 Å². The molecule has 0 spiro atoms. The van der Waals surface area contributed by atoms with E-state index in [0.717, 1.165) is 12.1 Å². The summed E-state index contributed by atoms with van der Waals surface area (Å²) in [6.07, 6.45) is 0. The molecule has 0 N–H and O–H groups in total. The van der Waals surface area contributed by atoms with Crippen LogP contribution in [0.25, 0.3) is 0 Å². The molecule has 90 valence electrons. The Bertz CT molecular complexity index is 623. The fourth-order valence-corrected chi connectivity index (χ4v) is 2.96. The zero-order valence-corrected chi connectivity index (χ0v) is 11.2. The highest BCUT2D eigenvalue weighted by atomic mass is 79.9. The molecule has 0 aromatic heterocycles. The molecule has 0 saturated heterocycles. The highest BCUT2D eigenvalue weighted by Crippen LogP contribution is 2.29. The number of hydrogen-bond acceptors (Lipinski definition) is 5. The number of nitro groups is 1. The summed E-state index contributed by atoms with van der Waals surface area (Å²) in [5.74, 6) is 0. The van der Waals surface area contributed by atoms with Crippen molar-refractivity contribution in [2.24, 2.45) is 0 Å². The topological polar surface area (TPSA) is 101 Å². The van der Waals surface area contributed by atoms with E-state index in [4.69, 9.17) is 15.9 Å². The molecule has 0 radical (unpaired) electrons. The molecule has 1 rings (SSSR count). The molecule has 9 heteroatoms. The monoisotopic (exact) mass is 338 g/mol. The fraction of sp³-hybridized carbons (Fsp3) is 0.125. The molecule has 0 heterocycles. The van der Waals surface area contributed by atoms with Gasteiger partial charge in [-0.3, -0.25) is 10.1 Å². The molecular weight excluding hydrogens is 336 g/mol. The number of nitro benzene ring substituents is 1. The first-order valence-electron chi connectivity index (χ1n) is 4.03. The van der Waals surface area contributed by atoms with Crippen LogP contribution in [0.15, 0.2) is 17.0 Å².